The number of rotatable bonds is 6. The zero-order chi connectivity index (χ0) is 15.2. The van der Waals surface area contributed by atoms with Crippen LogP contribution in [0.25, 0.3) is 0 Å². The minimum Gasteiger partial charge on any atom is -0.383 e. The number of aryl methyl sites for hydroxylation is 1. The molecule has 0 bridgehead atoms. The fourth-order valence-corrected chi connectivity index (χ4v) is 2.46. The Kier molecular flexibility index (Phi) is 5.33. The fraction of sp³-hybridized carbons (Fsp3) is 0.500. The Morgan fingerprint density at radius 2 is 2.10 bits per heavy atom. The largest absolute Gasteiger partial charge is 0.383 e. The summed E-state index contributed by atoms with van der Waals surface area (Å²) >= 11 is 0. The molecule has 21 heavy (non-hydrogen) atoms. The van der Waals surface area contributed by atoms with Crippen LogP contribution in [-0.2, 0) is 20.7 Å². The number of methoxy groups -OCH3 is 1. The minimum absolute atomic E-state index is 0.00569. The summed E-state index contributed by atoms with van der Waals surface area (Å²) in [5.74, 6) is -0.348. The van der Waals surface area contributed by atoms with E-state index in [1.165, 1.54) is 5.56 Å². The van der Waals surface area contributed by atoms with Crippen molar-refractivity contribution in [2.45, 2.75) is 19.8 Å². The van der Waals surface area contributed by atoms with Gasteiger partial charge < -0.3 is 15.0 Å². The van der Waals surface area contributed by atoms with Gasteiger partial charge in [0.1, 0.15) is 0 Å². The predicted molar refractivity (Wildman–Crippen MR) is 81.2 cm³/mol. The monoisotopic (exact) mass is 290 g/mol. The Morgan fingerprint density at radius 3 is 2.71 bits per heavy atom. The van der Waals surface area contributed by atoms with Crippen LogP contribution < -0.4 is 10.2 Å². The van der Waals surface area contributed by atoms with E-state index in [-0.39, 0.29) is 24.2 Å². The molecule has 0 radical (unpaired) electrons. The molecule has 0 saturated carbocycles. The van der Waals surface area contributed by atoms with Crippen LogP contribution in [0.5, 0.6) is 0 Å². The second kappa shape index (κ2) is 7.22. The van der Waals surface area contributed by atoms with Crippen molar-refractivity contribution >= 4 is 17.5 Å². The molecule has 5 heteroatoms. The molecule has 1 heterocycles. The molecule has 1 fully saturated rings. The number of benzene rings is 1. The van der Waals surface area contributed by atoms with Crippen molar-refractivity contribution < 1.29 is 14.3 Å². The Hall–Kier alpha value is -1.88. The third-order valence-electron chi connectivity index (χ3n) is 3.76. The van der Waals surface area contributed by atoms with Crippen LogP contribution in [0.1, 0.15) is 18.9 Å². The van der Waals surface area contributed by atoms with Crippen molar-refractivity contribution in [1.29, 1.82) is 0 Å². The SMILES string of the molecule is CCc1ccc(N2C[C@H](C(=O)NCCOC)CC2=O)cc1. The highest BCUT2D eigenvalue weighted by Crippen LogP contribution is 2.25. The zero-order valence-corrected chi connectivity index (χ0v) is 12.6. The number of anilines is 1. The molecular weight excluding hydrogens is 268 g/mol. The van der Waals surface area contributed by atoms with Gasteiger partial charge in [-0.2, -0.15) is 0 Å². The van der Waals surface area contributed by atoms with Crippen LogP contribution in [0, 0.1) is 5.92 Å². The van der Waals surface area contributed by atoms with Gasteiger partial charge in [0, 0.05) is 32.3 Å². The van der Waals surface area contributed by atoms with Gasteiger partial charge in [0.25, 0.3) is 0 Å². The standard InChI is InChI=1S/C16H22N2O3/c1-3-12-4-6-14(7-5-12)18-11-13(10-15(18)19)16(20)17-8-9-21-2/h4-7,13H,3,8-11H2,1-2H3,(H,17,20)/t13-/m1/s1. The molecule has 114 valence electrons. The number of ether oxygens (including phenoxy) is 1. The van der Waals surface area contributed by atoms with E-state index in [4.69, 9.17) is 4.74 Å². The van der Waals surface area contributed by atoms with E-state index >= 15 is 0 Å². The molecule has 2 amide bonds. The van der Waals surface area contributed by atoms with Crippen LogP contribution >= 0.6 is 0 Å². The second-order valence-electron chi connectivity index (χ2n) is 5.21. The third kappa shape index (κ3) is 3.82. The fourth-order valence-electron chi connectivity index (χ4n) is 2.46. The predicted octanol–water partition coefficient (Wildman–Crippen LogP) is 1.36. The van der Waals surface area contributed by atoms with Gasteiger partial charge in [-0.15, -0.1) is 0 Å². The molecule has 0 aliphatic carbocycles. The van der Waals surface area contributed by atoms with Crippen molar-refractivity contribution in [2.75, 3.05) is 31.7 Å². The molecule has 1 aliphatic heterocycles. The summed E-state index contributed by atoms with van der Waals surface area (Å²) < 4.78 is 4.90. The van der Waals surface area contributed by atoms with Crippen molar-refractivity contribution in [2.24, 2.45) is 5.92 Å². The van der Waals surface area contributed by atoms with E-state index in [1.54, 1.807) is 12.0 Å². The lowest BCUT2D eigenvalue weighted by Crippen LogP contribution is -2.34. The van der Waals surface area contributed by atoms with Gasteiger partial charge >= 0.3 is 0 Å². The Labute approximate surface area is 125 Å². The number of amides is 2. The maximum Gasteiger partial charge on any atom is 0.227 e. The summed E-state index contributed by atoms with van der Waals surface area (Å²) in [6.07, 6.45) is 1.24. The van der Waals surface area contributed by atoms with Gasteiger partial charge in [0.05, 0.1) is 12.5 Å². The van der Waals surface area contributed by atoms with Gasteiger partial charge in [-0.1, -0.05) is 19.1 Å². The van der Waals surface area contributed by atoms with Crippen LogP contribution in [0.3, 0.4) is 0 Å². The molecule has 1 aliphatic rings. The molecule has 5 nitrogen and oxygen atoms in total. The van der Waals surface area contributed by atoms with Crippen molar-refractivity contribution in [1.82, 2.24) is 5.32 Å². The van der Waals surface area contributed by atoms with Crippen LogP contribution in [-0.4, -0.2) is 38.6 Å². The average molecular weight is 290 g/mol. The van der Waals surface area contributed by atoms with E-state index < -0.39 is 0 Å². The molecular formula is C16H22N2O3. The molecule has 1 atom stereocenters. The molecule has 0 spiro atoms. The number of hydrogen-bond donors (Lipinski definition) is 1. The Balaban J connectivity index is 1.96. The Bertz CT molecular complexity index is 499. The maximum absolute atomic E-state index is 12.1. The van der Waals surface area contributed by atoms with Crippen LogP contribution in [0.15, 0.2) is 24.3 Å². The maximum atomic E-state index is 12.1. The highest BCUT2D eigenvalue weighted by Gasteiger charge is 2.34. The van der Waals surface area contributed by atoms with Gasteiger partial charge in [0.15, 0.2) is 0 Å². The molecule has 1 saturated heterocycles. The third-order valence-corrected chi connectivity index (χ3v) is 3.76. The quantitative estimate of drug-likeness (QED) is 0.805. The smallest absolute Gasteiger partial charge is 0.227 e. The molecule has 2 rings (SSSR count). The number of carbonyl (C=O) groups is 2. The topological polar surface area (TPSA) is 58.6 Å². The number of nitrogens with one attached hydrogen (secondary N) is 1. The van der Waals surface area contributed by atoms with Gasteiger partial charge in [-0.25, -0.2) is 0 Å². The lowest BCUT2D eigenvalue weighted by molar-refractivity contribution is -0.126. The number of hydrogen-bond acceptors (Lipinski definition) is 3. The van der Waals surface area contributed by atoms with Crippen LogP contribution in [0.4, 0.5) is 5.69 Å². The molecule has 0 unspecified atom stereocenters. The summed E-state index contributed by atoms with van der Waals surface area (Å²) in [6.45, 7) is 3.50. The highest BCUT2D eigenvalue weighted by molar-refractivity contribution is 6.00. The number of carbonyl (C=O) groups excluding carboxylic acids is 2. The zero-order valence-electron chi connectivity index (χ0n) is 12.6. The number of nitrogens with zero attached hydrogens (tertiary/aromatic N) is 1. The summed E-state index contributed by atoms with van der Waals surface area (Å²) in [5.41, 5.74) is 2.10. The van der Waals surface area contributed by atoms with Crippen molar-refractivity contribution in [3.63, 3.8) is 0 Å². The van der Waals surface area contributed by atoms with E-state index in [1.807, 2.05) is 24.3 Å². The summed E-state index contributed by atoms with van der Waals surface area (Å²) in [6, 6.07) is 7.94. The lowest BCUT2D eigenvalue weighted by Gasteiger charge is -2.17. The first kappa shape index (κ1) is 15.5. The first-order valence-corrected chi connectivity index (χ1v) is 7.31. The molecule has 1 N–H and O–H groups in total. The van der Waals surface area contributed by atoms with Crippen molar-refractivity contribution in [3.8, 4) is 0 Å². The van der Waals surface area contributed by atoms with Crippen LogP contribution in [0.2, 0.25) is 0 Å². The van der Waals surface area contributed by atoms with E-state index in [0.717, 1.165) is 12.1 Å². The summed E-state index contributed by atoms with van der Waals surface area (Å²) in [5, 5.41) is 2.79. The van der Waals surface area contributed by atoms with E-state index in [9.17, 15) is 9.59 Å². The summed E-state index contributed by atoms with van der Waals surface area (Å²) in [7, 11) is 1.59. The van der Waals surface area contributed by atoms with Gasteiger partial charge in [0.2, 0.25) is 11.8 Å². The van der Waals surface area contributed by atoms with E-state index in [2.05, 4.69) is 12.2 Å². The highest BCUT2D eigenvalue weighted by atomic mass is 16.5. The van der Waals surface area contributed by atoms with Crippen molar-refractivity contribution in [3.05, 3.63) is 29.8 Å². The van der Waals surface area contributed by atoms with Gasteiger partial charge in [-0.05, 0) is 24.1 Å². The molecule has 1 aromatic carbocycles. The molecule has 0 aromatic heterocycles. The van der Waals surface area contributed by atoms with E-state index in [0.29, 0.717) is 19.7 Å². The lowest BCUT2D eigenvalue weighted by atomic mass is 10.1. The first-order chi connectivity index (χ1) is 10.2. The second-order valence-corrected chi connectivity index (χ2v) is 5.21. The molecule has 1 aromatic rings. The Morgan fingerprint density at radius 1 is 1.38 bits per heavy atom. The summed E-state index contributed by atoms with van der Waals surface area (Å²) in [4.78, 5) is 25.8. The normalized spacial score (nSPS) is 18.1. The van der Waals surface area contributed by atoms with Gasteiger partial charge in [-0.3, -0.25) is 9.59 Å². The average Bonchev–Trinajstić information content (AvgIpc) is 2.89. The minimum atomic E-state index is -0.278. The first-order valence-electron chi connectivity index (χ1n) is 7.31.